The van der Waals surface area contributed by atoms with Crippen LogP contribution >= 0.6 is 12.6 Å². The summed E-state index contributed by atoms with van der Waals surface area (Å²) >= 11 is 4.31. The first-order valence-electron chi connectivity index (χ1n) is 13.2. The molecule has 1 rings (SSSR count). The molecule has 2 unspecified atom stereocenters. The van der Waals surface area contributed by atoms with Crippen LogP contribution in [0.1, 0.15) is 83.4 Å². The predicted molar refractivity (Wildman–Crippen MR) is 151 cm³/mol. The summed E-state index contributed by atoms with van der Waals surface area (Å²) < 4.78 is 9.99. The molecule has 0 spiro atoms. The van der Waals surface area contributed by atoms with E-state index in [2.05, 4.69) is 34.9 Å². The van der Waals surface area contributed by atoms with Crippen molar-refractivity contribution in [1.82, 2.24) is 15.5 Å². The second kappa shape index (κ2) is 17.0. The summed E-state index contributed by atoms with van der Waals surface area (Å²) in [6, 6.07) is 5.27. The molecule has 1 aromatic carbocycles. The van der Waals surface area contributed by atoms with E-state index in [4.69, 9.17) is 4.74 Å². The standard InChI is InChI=1S/C28H45N3O6S/c1-7-8-9-10-11-12-16-31(26(34)22(19-38)30-27(35)37-28(3,4)5)24(21-15-13-14-20(2)17-21)25(33)29-18-23(32)36-6/h13-15,17,22,24,38H,7-12,16,18-19H2,1-6H3,(H,29,33)(H,30,35). The summed E-state index contributed by atoms with van der Waals surface area (Å²) in [5.41, 5.74) is 0.768. The molecule has 0 saturated heterocycles. The van der Waals surface area contributed by atoms with Gasteiger partial charge in [-0.25, -0.2) is 4.79 Å². The number of alkyl carbamates (subject to hydrolysis) is 1. The second-order valence-corrected chi connectivity index (χ2v) is 10.7. The van der Waals surface area contributed by atoms with E-state index >= 15 is 0 Å². The molecule has 0 aliphatic heterocycles. The molecule has 0 saturated carbocycles. The highest BCUT2D eigenvalue weighted by Gasteiger charge is 2.35. The van der Waals surface area contributed by atoms with Gasteiger partial charge in [-0.2, -0.15) is 12.6 Å². The molecule has 0 fully saturated rings. The Morgan fingerprint density at radius 3 is 2.29 bits per heavy atom. The van der Waals surface area contributed by atoms with Crippen molar-refractivity contribution in [3.05, 3.63) is 35.4 Å². The minimum atomic E-state index is -1.02. The Kier molecular flexibility index (Phi) is 14.9. The fraction of sp³-hybridized carbons (Fsp3) is 0.643. The van der Waals surface area contributed by atoms with Crippen molar-refractivity contribution in [1.29, 1.82) is 0 Å². The first-order chi connectivity index (χ1) is 17.9. The van der Waals surface area contributed by atoms with E-state index < -0.39 is 41.6 Å². The van der Waals surface area contributed by atoms with Gasteiger partial charge < -0.3 is 25.0 Å². The number of rotatable bonds is 15. The monoisotopic (exact) mass is 551 g/mol. The molecular weight excluding hydrogens is 506 g/mol. The molecule has 0 aromatic heterocycles. The Balaban J connectivity index is 3.33. The molecule has 9 nitrogen and oxygen atoms in total. The van der Waals surface area contributed by atoms with Crippen LogP contribution < -0.4 is 10.6 Å². The third kappa shape index (κ3) is 12.2. The Hall–Kier alpha value is -2.75. The SMILES string of the molecule is CCCCCCCCN(C(=O)C(CS)NC(=O)OC(C)(C)C)C(C(=O)NCC(=O)OC)c1cccc(C)c1. The number of hydrogen-bond acceptors (Lipinski definition) is 7. The van der Waals surface area contributed by atoms with Gasteiger partial charge in [-0.1, -0.05) is 68.9 Å². The van der Waals surface area contributed by atoms with Crippen molar-refractivity contribution in [3.8, 4) is 0 Å². The van der Waals surface area contributed by atoms with Gasteiger partial charge in [0.1, 0.15) is 24.2 Å². The zero-order valence-corrected chi connectivity index (χ0v) is 24.6. The molecule has 0 radical (unpaired) electrons. The quantitative estimate of drug-likeness (QED) is 0.170. The van der Waals surface area contributed by atoms with Crippen LogP contribution in [0.5, 0.6) is 0 Å². The number of carbonyl (C=O) groups is 4. The van der Waals surface area contributed by atoms with Crippen LogP contribution in [-0.4, -0.2) is 66.4 Å². The van der Waals surface area contributed by atoms with Gasteiger partial charge in [0.2, 0.25) is 11.8 Å². The van der Waals surface area contributed by atoms with Gasteiger partial charge in [-0.05, 0) is 39.7 Å². The van der Waals surface area contributed by atoms with Crippen LogP contribution in [0.2, 0.25) is 0 Å². The van der Waals surface area contributed by atoms with Gasteiger partial charge in [0.05, 0.1) is 7.11 Å². The number of nitrogens with one attached hydrogen (secondary N) is 2. The number of unbranched alkanes of at least 4 members (excludes halogenated alkanes) is 5. The summed E-state index contributed by atoms with van der Waals surface area (Å²) in [6.07, 6.45) is 5.21. The smallest absolute Gasteiger partial charge is 0.408 e. The number of thiol groups is 1. The van der Waals surface area contributed by atoms with Gasteiger partial charge in [0.25, 0.3) is 0 Å². The van der Waals surface area contributed by atoms with E-state index in [1.807, 2.05) is 25.1 Å². The van der Waals surface area contributed by atoms with E-state index in [1.165, 1.54) is 12.0 Å². The molecule has 0 bridgehead atoms. The van der Waals surface area contributed by atoms with Crippen LogP contribution in [-0.2, 0) is 23.9 Å². The molecule has 0 aliphatic rings. The predicted octanol–water partition coefficient (Wildman–Crippen LogP) is 4.34. The van der Waals surface area contributed by atoms with Gasteiger partial charge in [0.15, 0.2) is 0 Å². The number of carbonyl (C=O) groups excluding carboxylic acids is 4. The van der Waals surface area contributed by atoms with Gasteiger partial charge in [0, 0.05) is 12.3 Å². The lowest BCUT2D eigenvalue weighted by molar-refractivity contribution is -0.144. The average molecular weight is 552 g/mol. The van der Waals surface area contributed by atoms with Crippen molar-refractivity contribution < 1.29 is 28.7 Å². The molecular formula is C28H45N3O6S. The zero-order valence-electron chi connectivity index (χ0n) is 23.7. The Morgan fingerprint density at radius 2 is 1.71 bits per heavy atom. The molecule has 3 amide bonds. The summed E-state index contributed by atoms with van der Waals surface area (Å²) in [4.78, 5) is 53.0. The number of aryl methyl sites for hydroxylation is 1. The molecule has 214 valence electrons. The van der Waals surface area contributed by atoms with Crippen molar-refractivity contribution in [3.63, 3.8) is 0 Å². The second-order valence-electron chi connectivity index (χ2n) is 10.3. The molecule has 10 heteroatoms. The average Bonchev–Trinajstić information content (AvgIpc) is 2.85. The third-order valence-electron chi connectivity index (χ3n) is 5.76. The van der Waals surface area contributed by atoms with Gasteiger partial charge >= 0.3 is 12.1 Å². The van der Waals surface area contributed by atoms with Crippen molar-refractivity contribution in [2.24, 2.45) is 0 Å². The first-order valence-corrected chi connectivity index (χ1v) is 13.9. The lowest BCUT2D eigenvalue weighted by Crippen LogP contribution is -2.54. The summed E-state index contributed by atoms with van der Waals surface area (Å²) in [5.74, 6) is -1.57. The number of nitrogens with zero attached hydrogens (tertiary/aromatic N) is 1. The largest absolute Gasteiger partial charge is 0.468 e. The topological polar surface area (TPSA) is 114 Å². The van der Waals surface area contributed by atoms with Gasteiger partial charge in [-0.15, -0.1) is 0 Å². The highest BCUT2D eigenvalue weighted by Crippen LogP contribution is 2.25. The van der Waals surface area contributed by atoms with Crippen LogP contribution in [0, 0.1) is 6.92 Å². The van der Waals surface area contributed by atoms with Crippen LogP contribution in [0.3, 0.4) is 0 Å². The highest BCUT2D eigenvalue weighted by atomic mass is 32.1. The normalized spacial score (nSPS) is 12.7. The summed E-state index contributed by atoms with van der Waals surface area (Å²) in [5, 5.41) is 5.20. The lowest BCUT2D eigenvalue weighted by Gasteiger charge is -2.34. The van der Waals surface area contributed by atoms with Crippen molar-refractivity contribution in [2.75, 3.05) is 26.0 Å². The van der Waals surface area contributed by atoms with Crippen LogP contribution in [0.4, 0.5) is 4.79 Å². The van der Waals surface area contributed by atoms with E-state index in [1.54, 1.807) is 26.8 Å². The maximum atomic E-state index is 13.9. The molecule has 2 N–H and O–H groups in total. The van der Waals surface area contributed by atoms with E-state index in [0.29, 0.717) is 12.0 Å². The summed E-state index contributed by atoms with van der Waals surface area (Å²) in [6.45, 7) is 9.19. The van der Waals surface area contributed by atoms with Crippen LogP contribution in [0.15, 0.2) is 24.3 Å². The fourth-order valence-electron chi connectivity index (χ4n) is 3.91. The number of esters is 1. The first kappa shape index (κ1) is 33.3. The Bertz CT molecular complexity index is 918. The Labute approximate surface area is 232 Å². The summed E-state index contributed by atoms with van der Waals surface area (Å²) in [7, 11) is 1.24. The molecule has 38 heavy (non-hydrogen) atoms. The lowest BCUT2D eigenvalue weighted by atomic mass is 10.00. The van der Waals surface area contributed by atoms with Crippen molar-refractivity contribution >= 4 is 36.5 Å². The molecule has 1 aromatic rings. The number of methoxy groups -OCH3 is 1. The van der Waals surface area contributed by atoms with E-state index in [-0.39, 0.29) is 18.8 Å². The van der Waals surface area contributed by atoms with Crippen LogP contribution in [0.25, 0.3) is 0 Å². The number of benzene rings is 1. The highest BCUT2D eigenvalue weighted by molar-refractivity contribution is 7.80. The number of ether oxygens (including phenoxy) is 2. The van der Waals surface area contributed by atoms with E-state index in [9.17, 15) is 19.2 Å². The molecule has 0 heterocycles. The maximum Gasteiger partial charge on any atom is 0.408 e. The van der Waals surface area contributed by atoms with Crippen molar-refractivity contribution in [2.45, 2.75) is 90.8 Å². The fourth-order valence-corrected chi connectivity index (χ4v) is 4.15. The third-order valence-corrected chi connectivity index (χ3v) is 6.12. The van der Waals surface area contributed by atoms with E-state index in [0.717, 1.165) is 37.7 Å². The zero-order chi connectivity index (χ0) is 28.7. The Morgan fingerprint density at radius 1 is 1.05 bits per heavy atom. The van der Waals surface area contributed by atoms with Gasteiger partial charge in [-0.3, -0.25) is 14.4 Å². The minimum absolute atomic E-state index is 0.00932. The molecule has 0 aliphatic carbocycles. The maximum absolute atomic E-state index is 13.9. The number of amides is 3. The molecule has 2 atom stereocenters. The number of hydrogen-bond donors (Lipinski definition) is 3. The minimum Gasteiger partial charge on any atom is -0.468 e.